The number of hydrogen-bond donors (Lipinski definition) is 3. The number of carbonyl (C=O) groups excluding carboxylic acids is 1. The van der Waals surface area contributed by atoms with Crippen molar-refractivity contribution >= 4 is 11.7 Å². The number of aromatic nitrogens is 2. The van der Waals surface area contributed by atoms with Gasteiger partial charge in [-0.15, -0.1) is 0 Å². The van der Waals surface area contributed by atoms with Gasteiger partial charge in [-0.25, -0.2) is 13.6 Å². The van der Waals surface area contributed by atoms with Crippen LogP contribution in [0.1, 0.15) is 17.2 Å². The Morgan fingerprint density at radius 3 is 2.87 bits per heavy atom. The fraction of sp³-hybridized carbons (Fsp3) is 0.238. The molecular formula is C21H20F2N4O3. The number of urea groups is 1. The predicted octanol–water partition coefficient (Wildman–Crippen LogP) is 3.17. The zero-order valence-corrected chi connectivity index (χ0v) is 16.2. The molecule has 30 heavy (non-hydrogen) atoms. The number of benzene rings is 2. The van der Waals surface area contributed by atoms with Crippen LogP contribution in [0.25, 0.3) is 11.1 Å². The zero-order valence-electron chi connectivity index (χ0n) is 16.2. The number of anilines is 1. The van der Waals surface area contributed by atoms with Gasteiger partial charge in [-0.1, -0.05) is 0 Å². The van der Waals surface area contributed by atoms with Crippen molar-refractivity contribution in [2.75, 3.05) is 25.2 Å². The smallest absolute Gasteiger partial charge is 0.322 e. The average molecular weight is 414 g/mol. The van der Waals surface area contributed by atoms with Crippen LogP contribution in [0, 0.1) is 11.6 Å². The molecule has 2 aromatic carbocycles. The summed E-state index contributed by atoms with van der Waals surface area (Å²) in [6.07, 6.45) is 3.69. The molecule has 0 aliphatic carbocycles. The van der Waals surface area contributed by atoms with E-state index in [0.717, 1.165) is 5.56 Å². The Kier molecular flexibility index (Phi) is 5.37. The second-order valence-electron chi connectivity index (χ2n) is 6.96. The molecule has 0 saturated carbocycles. The summed E-state index contributed by atoms with van der Waals surface area (Å²) in [7, 11) is 1.40. The van der Waals surface area contributed by atoms with Crippen molar-refractivity contribution in [1.82, 2.24) is 15.5 Å². The molecule has 0 fully saturated rings. The fourth-order valence-corrected chi connectivity index (χ4v) is 3.61. The Morgan fingerprint density at radius 1 is 1.33 bits per heavy atom. The van der Waals surface area contributed by atoms with Crippen molar-refractivity contribution in [3.05, 3.63) is 65.5 Å². The third kappa shape index (κ3) is 3.71. The largest absolute Gasteiger partial charge is 0.497 e. The first kappa shape index (κ1) is 19.8. The maximum Gasteiger partial charge on any atom is 0.322 e. The number of fused-ring (bicyclic) bond motifs is 1. The number of halogens is 2. The first-order valence-corrected chi connectivity index (χ1v) is 9.35. The van der Waals surface area contributed by atoms with Crippen molar-refractivity contribution in [3.63, 3.8) is 0 Å². The van der Waals surface area contributed by atoms with Gasteiger partial charge in [0.05, 0.1) is 31.6 Å². The summed E-state index contributed by atoms with van der Waals surface area (Å²) in [6.45, 7) is -0.0765. The highest BCUT2D eigenvalue weighted by molar-refractivity contribution is 5.95. The van der Waals surface area contributed by atoms with E-state index in [9.17, 15) is 18.7 Å². The number of H-pyrrole nitrogens is 1. The van der Waals surface area contributed by atoms with Gasteiger partial charge >= 0.3 is 6.03 Å². The van der Waals surface area contributed by atoms with E-state index < -0.39 is 30.3 Å². The van der Waals surface area contributed by atoms with Gasteiger partial charge < -0.3 is 15.2 Å². The van der Waals surface area contributed by atoms with E-state index in [1.807, 2.05) is 0 Å². The lowest BCUT2D eigenvalue weighted by Crippen LogP contribution is -2.42. The normalized spacial score (nSPS) is 13.8. The monoisotopic (exact) mass is 414 g/mol. The minimum absolute atomic E-state index is 0.276. The third-order valence-electron chi connectivity index (χ3n) is 5.13. The number of rotatable bonds is 5. The number of aliphatic hydroxyl groups excluding tert-OH is 1. The van der Waals surface area contributed by atoms with Crippen LogP contribution in [0.5, 0.6) is 5.75 Å². The number of amides is 2. The second-order valence-corrected chi connectivity index (χ2v) is 6.96. The molecule has 3 aromatic rings. The van der Waals surface area contributed by atoms with Crippen molar-refractivity contribution in [1.29, 1.82) is 0 Å². The van der Waals surface area contributed by atoms with E-state index in [1.165, 1.54) is 36.4 Å². The first-order chi connectivity index (χ1) is 14.5. The molecule has 1 aliphatic rings. The Labute approximate surface area is 171 Å². The molecule has 1 aliphatic heterocycles. The standard InChI is InChI=1S/C21H20F2N4O3/c1-30-16-5-13(4-15(22)7-16)19(11-28)26-21(29)27-3-2-12-6-17(14-9-24-25-10-14)18(23)8-20(12)27/h4-10,19,28H,2-3,11H2,1H3,(H,24,25)(H,26,29)/t19-/m1/s1. The lowest BCUT2D eigenvalue weighted by atomic mass is 10.0. The van der Waals surface area contributed by atoms with Crippen LogP contribution in [-0.4, -0.2) is 41.6 Å². The molecule has 0 unspecified atom stereocenters. The van der Waals surface area contributed by atoms with Crippen molar-refractivity contribution < 1.29 is 23.4 Å². The van der Waals surface area contributed by atoms with E-state index in [4.69, 9.17) is 4.74 Å². The molecular weight excluding hydrogens is 394 g/mol. The highest BCUT2D eigenvalue weighted by Gasteiger charge is 2.28. The average Bonchev–Trinajstić information content (AvgIpc) is 3.40. The number of methoxy groups -OCH3 is 1. The molecule has 3 N–H and O–H groups in total. The maximum absolute atomic E-state index is 14.7. The van der Waals surface area contributed by atoms with E-state index in [-0.39, 0.29) is 5.75 Å². The quantitative estimate of drug-likeness (QED) is 0.598. The van der Waals surface area contributed by atoms with Crippen LogP contribution < -0.4 is 15.0 Å². The number of nitrogens with zero attached hydrogens (tertiary/aromatic N) is 2. The number of aromatic amines is 1. The molecule has 1 atom stereocenters. The molecule has 7 nitrogen and oxygen atoms in total. The van der Waals surface area contributed by atoms with Gasteiger partial charge in [0.1, 0.15) is 17.4 Å². The van der Waals surface area contributed by atoms with Crippen LogP contribution >= 0.6 is 0 Å². The van der Waals surface area contributed by atoms with Gasteiger partial charge in [-0.2, -0.15) is 5.10 Å². The van der Waals surface area contributed by atoms with Crippen molar-refractivity contribution in [2.24, 2.45) is 0 Å². The number of aliphatic hydroxyl groups is 1. The van der Waals surface area contributed by atoms with Crippen LogP contribution in [0.4, 0.5) is 19.3 Å². The zero-order chi connectivity index (χ0) is 21.3. The van der Waals surface area contributed by atoms with E-state index in [0.29, 0.717) is 35.3 Å². The van der Waals surface area contributed by atoms with Gasteiger partial charge in [0, 0.05) is 29.9 Å². The van der Waals surface area contributed by atoms with Gasteiger partial charge in [-0.05, 0) is 41.8 Å². The van der Waals surface area contributed by atoms with E-state index in [1.54, 1.807) is 18.3 Å². The molecule has 0 spiro atoms. The van der Waals surface area contributed by atoms with Crippen molar-refractivity contribution in [2.45, 2.75) is 12.5 Å². The molecule has 0 radical (unpaired) electrons. The predicted molar refractivity (Wildman–Crippen MR) is 106 cm³/mol. The molecule has 0 bridgehead atoms. The van der Waals surface area contributed by atoms with E-state index in [2.05, 4.69) is 15.5 Å². The van der Waals surface area contributed by atoms with Crippen LogP contribution in [0.2, 0.25) is 0 Å². The highest BCUT2D eigenvalue weighted by atomic mass is 19.1. The van der Waals surface area contributed by atoms with Gasteiger partial charge in [-0.3, -0.25) is 10.00 Å². The van der Waals surface area contributed by atoms with Crippen LogP contribution in [0.15, 0.2) is 42.7 Å². The molecule has 2 heterocycles. The molecule has 4 rings (SSSR count). The van der Waals surface area contributed by atoms with Crippen LogP contribution in [-0.2, 0) is 6.42 Å². The summed E-state index contributed by atoms with van der Waals surface area (Å²) in [6, 6.07) is 5.65. The highest BCUT2D eigenvalue weighted by Crippen LogP contribution is 2.34. The van der Waals surface area contributed by atoms with Gasteiger partial charge in [0.25, 0.3) is 0 Å². The molecule has 156 valence electrons. The minimum Gasteiger partial charge on any atom is -0.497 e. The Hall–Kier alpha value is -3.46. The maximum atomic E-state index is 14.7. The lowest BCUT2D eigenvalue weighted by Gasteiger charge is -2.23. The number of carbonyl (C=O) groups is 1. The molecule has 9 heteroatoms. The number of nitrogens with one attached hydrogen (secondary N) is 2. The minimum atomic E-state index is -0.846. The summed E-state index contributed by atoms with van der Waals surface area (Å²) in [4.78, 5) is 14.3. The first-order valence-electron chi connectivity index (χ1n) is 9.35. The van der Waals surface area contributed by atoms with Crippen molar-refractivity contribution in [3.8, 4) is 16.9 Å². The summed E-state index contributed by atoms with van der Waals surface area (Å²) in [5.74, 6) is -0.737. The Morgan fingerprint density at radius 2 is 2.17 bits per heavy atom. The fourth-order valence-electron chi connectivity index (χ4n) is 3.61. The summed E-state index contributed by atoms with van der Waals surface area (Å²) in [5.41, 5.74) is 2.69. The van der Waals surface area contributed by atoms with Gasteiger partial charge in [0.15, 0.2) is 0 Å². The summed E-state index contributed by atoms with van der Waals surface area (Å²) in [5, 5.41) is 18.9. The Bertz CT molecular complexity index is 1070. The molecule has 0 saturated heterocycles. The Balaban J connectivity index is 1.57. The third-order valence-corrected chi connectivity index (χ3v) is 5.13. The van der Waals surface area contributed by atoms with Gasteiger partial charge in [0.2, 0.25) is 0 Å². The SMILES string of the molecule is COc1cc(F)cc([C@@H](CO)NC(=O)N2CCc3cc(-c4cn[nH]c4)c(F)cc32)c1. The molecule has 2 amide bonds. The second kappa shape index (κ2) is 8.11. The molecule has 1 aromatic heterocycles. The van der Waals surface area contributed by atoms with Crippen LogP contribution in [0.3, 0.4) is 0 Å². The summed E-state index contributed by atoms with van der Waals surface area (Å²) >= 11 is 0. The lowest BCUT2D eigenvalue weighted by molar-refractivity contribution is 0.221. The topological polar surface area (TPSA) is 90.5 Å². The summed E-state index contributed by atoms with van der Waals surface area (Å²) < 4.78 is 33.5. The number of hydrogen-bond acceptors (Lipinski definition) is 4. The number of ether oxygens (including phenoxy) is 1. The van der Waals surface area contributed by atoms with E-state index >= 15 is 0 Å².